The Bertz CT molecular complexity index is 406. The van der Waals surface area contributed by atoms with Crippen LogP contribution < -0.4 is 5.32 Å². The Kier molecular flexibility index (Phi) is 4.17. The van der Waals surface area contributed by atoms with Gasteiger partial charge in [0.05, 0.1) is 5.02 Å². The van der Waals surface area contributed by atoms with Crippen LogP contribution in [-0.2, 0) is 0 Å². The number of phenolic OH excluding ortho intramolecular Hbond substituents is 1. The first-order valence-corrected chi connectivity index (χ1v) is 5.28. The van der Waals surface area contributed by atoms with Crippen molar-refractivity contribution in [2.75, 3.05) is 6.54 Å². The topological polar surface area (TPSA) is 49.3 Å². The van der Waals surface area contributed by atoms with Gasteiger partial charge in [0.15, 0.2) is 0 Å². The van der Waals surface area contributed by atoms with Crippen LogP contribution in [0.5, 0.6) is 5.75 Å². The minimum absolute atomic E-state index is 0.0434. The standard InChI is InChI=1S/C10H9BrClNO2/c1-6(11)5-13-10(15)7-2-3-9(14)8(12)4-7/h2-4,14H,1,5H2,(H,13,15). The fraction of sp³-hybridized carbons (Fsp3) is 0.100. The molecule has 0 heterocycles. The van der Waals surface area contributed by atoms with Crippen molar-refractivity contribution in [1.82, 2.24) is 5.32 Å². The van der Waals surface area contributed by atoms with Crippen molar-refractivity contribution < 1.29 is 9.90 Å². The van der Waals surface area contributed by atoms with Gasteiger partial charge in [-0.15, -0.1) is 0 Å². The summed E-state index contributed by atoms with van der Waals surface area (Å²) in [4.78, 5) is 11.5. The molecule has 0 aromatic heterocycles. The van der Waals surface area contributed by atoms with Gasteiger partial charge in [-0.1, -0.05) is 34.1 Å². The zero-order valence-corrected chi connectivity index (χ0v) is 10.1. The number of halogens is 2. The molecule has 2 N–H and O–H groups in total. The number of hydrogen-bond acceptors (Lipinski definition) is 2. The highest BCUT2D eigenvalue weighted by Crippen LogP contribution is 2.23. The molecule has 15 heavy (non-hydrogen) atoms. The van der Waals surface area contributed by atoms with E-state index in [2.05, 4.69) is 27.8 Å². The molecule has 0 spiro atoms. The second-order valence-electron chi connectivity index (χ2n) is 2.87. The molecule has 0 atom stereocenters. The van der Waals surface area contributed by atoms with Crippen molar-refractivity contribution in [2.45, 2.75) is 0 Å². The van der Waals surface area contributed by atoms with Crippen LogP contribution in [0.2, 0.25) is 5.02 Å². The maximum absolute atomic E-state index is 11.5. The van der Waals surface area contributed by atoms with Gasteiger partial charge in [-0.2, -0.15) is 0 Å². The van der Waals surface area contributed by atoms with Crippen LogP contribution in [0.4, 0.5) is 0 Å². The molecule has 1 aromatic carbocycles. The van der Waals surface area contributed by atoms with Crippen LogP contribution >= 0.6 is 27.5 Å². The molecule has 0 unspecified atom stereocenters. The lowest BCUT2D eigenvalue weighted by molar-refractivity contribution is 0.0958. The lowest BCUT2D eigenvalue weighted by atomic mass is 10.2. The van der Waals surface area contributed by atoms with Gasteiger partial charge < -0.3 is 10.4 Å². The van der Waals surface area contributed by atoms with Gasteiger partial charge in [-0.05, 0) is 18.2 Å². The number of rotatable bonds is 3. The first-order valence-electron chi connectivity index (χ1n) is 4.10. The van der Waals surface area contributed by atoms with Gasteiger partial charge in [-0.3, -0.25) is 4.79 Å². The van der Waals surface area contributed by atoms with E-state index < -0.39 is 0 Å². The number of phenols is 1. The minimum atomic E-state index is -0.266. The molecule has 0 radical (unpaired) electrons. The average Bonchev–Trinajstić information content (AvgIpc) is 2.18. The predicted molar refractivity (Wildman–Crippen MR) is 63.5 cm³/mol. The highest BCUT2D eigenvalue weighted by molar-refractivity contribution is 9.11. The van der Waals surface area contributed by atoms with Crippen LogP contribution in [0, 0.1) is 0 Å². The van der Waals surface area contributed by atoms with E-state index in [1.165, 1.54) is 18.2 Å². The molecule has 0 bridgehead atoms. The van der Waals surface area contributed by atoms with Crippen molar-refractivity contribution in [3.05, 3.63) is 39.8 Å². The molecule has 1 amide bonds. The zero-order chi connectivity index (χ0) is 11.4. The average molecular weight is 291 g/mol. The maximum atomic E-state index is 11.5. The second-order valence-corrected chi connectivity index (χ2v) is 4.39. The quantitative estimate of drug-likeness (QED) is 0.899. The van der Waals surface area contributed by atoms with Crippen LogP contribution in [0.3, 0.4) is 0 Å². The number of benzene rings is 1. The van der Waals surface area contributed by atoms with E-state index in [-0.39, 0.29) is 16.7 Å². The molecular formula is C10H9BrClNO2. The van der Waals surface area contributed by atoms with E-state index in [0.29, 0.717) is 16.6 Å². The number of nitrogens with one attached hydrogen (secondary N) is 1. The summed E-state index contributed by atoms with van der Waals surface area (Å²) in [5.41, 5.74) is 0.395. The van der Waals surface area contributed by atoms with E-state index in [1.54, 1.807) is 0 Å². The summed E-state index contributed by atoms with van der Waals surface area (Å²) < 4.78 is 0.681. The van der Waals surface area contributed by atoms with E-state index in [9.17, 15) is 4.79 Å². The summed E-state index contributed by atoms with van der Waals surface area (Å²) in [5.74, 6) is -0.310. The Balaban J connectivity index is 2.74. The molecule has 1 rings (SSSR count). The van der Waals surface area contributed by atoms with Crippen LogP contribution in [0.15, 0.2) is 29.3 Å². The molecule has 0 aliphatic heterocycles. The van der Waals surface area contributed by atoms with Gasteiger partial charge in [0.2, 0.25) is 0 Å². The number of amides is 1. The Morgan fingerprint density at radius 3 is 2.80 bits per heavy atom. The summed E-state index contributed by atoms with van der Waals surface area (Å²) in [6, 6.07) is 4.27. The van der Waals surface area contributed by atoms with Crippen LogP contribution in [0.25, 0.3) is 0 Å². The fourth-order valence-corrected chi connectivity index (χ4v) is 1.25. The number of hydrogen-bond donors (Lipinski definition) is 2. The van der Waals surface area contributed by atoms with Gasteiger partial charge >= 0.3 is 0 Å². The monoisotopic (exact) mass is 289 g/mol. The third-order valence-electron chi connectivity index (χ3n) is 1.65. The summed E-state index contributed by atoms with van der Waals surface area (Å²) >= 11 is 8.79. The minimum Gasteiger partial charge on any atom is -0.506 e. The van der Waals surface area contributed by atoms with Crippen LogP contribution in [-0.4, -0.2) is 17.6 Å². The third-order valence-corrected chi connectivity index (χ3v) is 2.23. The summed E-state index contributed by atoms with van der Waals surface area (Å²) in [6.07, 6.45) is 0. The molecule has 5 heteroatoms. The molecule has 0 saturated heterocycles. The van der Waals surface area contributed by atoms with Crippen molar-refractivity contribution in [3.63, 3.8) is 0 Å². The zero-order valence-electron chi connectivity index (χ0n) is 7.76. The largest absolute Gasteiger partial charge is 0.506 e. The van der Waals surface area contributed by atoms with Gasteiger partial charge in [0, 0.05) is 16.6 Å². The summed E-state index contributed by atoms with van der Waals surface area (Å²) in [6.45, 7) is 3.93. The Labute approximate surface area is 101 Å². The Morgan fingerprint density at radius 2 is 2.27 bits per heavy atom. The molecular weight excluding hydrogens is 281 g/mol. The lowest BCUT2D eigenvalue weighted by Gasteiger charge is -2.04. The number of carbonyl (C=O) groups excluding carboxylic acids is 1. The fourth-order valence-electron chi connectivity index (χ4n) is 0.926. The van der Waals surface area contributed by atoms with Crippen molar-refractivity contribution in [2.24, 2.45) is 0 Å². The second kappa shape index (κ2) is 5.19. The molecule has 0 aliphatic rings. The van der Waals surface area contributed by atoms with Crippen LogP contribution in [0.1, 0.15) is 10.4 Å². The van der Waals surface area contributed by atoms with Crippen molar-refractivity contribution in [3.8, 4) is 5.75 Å². The molecule has 80 valence electrons. The molecule has 0 aliphatic carbocycles. The summed E-state index contributed by atoms with van der Waals surface area (Å²) in [7, 11) is 0. The van der Waals surface area contributed by atoms with E-state index >= 15 is 0 Å². The predicted octanol–water partition coefficient (Wildman–Crippen LogP) is 2.68. The smallest absolute Gasteiger partial charge is 0.251 e. The first-order chi connectivity index (χ1) is 7.00. The molecule has 3 nitrogen and oxygen atoms in total. The lowest BCUT2D eigenvalue weighted by Crippen LogP contribution is -2.24. The number of aromatic hydroxyl groups is 1. The normalized spacial score (nSPS) is 9.73. The number of carbonyl (C=O) groups is 1. The highest BCUT2D eigenvalue weighted by atomic mass is 79.9. The van der Waals surface area contributed by atoms with Crippen molar-refractivity contribution >= 4 is 33.4 Å². The van der Waals surface area contributed by atoms with E-state index in [4.69, 9.17) is 16.7 Å². The molecule has 0 saturated carbocycles. The first kappa shape index (κ1) is 12.1. The Hall–Kier alpha value is -1.00. The Morgan fingerprint density at radius 1 is 1.60 bits per heavy atom. The molecule has 1 aromatic rings. The SMILES string of the molecule is C=C(Br)CNC(=O)c1ccc(O)c(Cl)c1. The highest BCUT2D eigenvalue weighted by Gasteiger charge is 2.07. The maximum Gasteiger partial charge on any atom is 0.251 e. The van der Waals surface area contributed by atoms with Gasteiger partial charge in [-0.25, -0.2) is 0 Å². The third kappa shape index (κ3) is 3.57. The van der Waals surface area contributed by atoms with Gasteiger partial charge in [0.1, 0.15) is 5.75 Å². The summed E-state index contributed by atoms with van der Waals surface area (Å²) in [5, 5.41) is 11.9. The van der Waals surface area contributed by atoms with E-state index in [1.807, 2.05) is 0 Å². The van der Waals surface area contributed by atoms with E-state index in [0.717, 1.165) is 0 Å². The van der Waals surface area contributed by atoms with Gasteiger partial charge in [0.25, 0.3) is 5.91 Å². The van der Waals surface area contributed by atoms with Crippen molar-refractivity contribution in [1.29, 1.82) is 0 Å². The molecule has 0 fully saturated rings.